The van der Waals surface area contributed by atoms with Gasteiger partial charge in [0.05, 0.1) is 4.47 Å². The Morgan fingerprint density at radius 3 is 2.29 bits per heavy atom. The monoisotopic (exact) mass is 311 g/mol. The summed E-state index contributed by atoms with van der Waals surface area (Å²) in [7, 11) is 0. The van der Waals surface area contributed by atoms with Crippen LogP contribution in [0.1, 0.15) is 25.5 Å². The molecule has 1 aromatic rings. The molecule has 1 aromatic carbocycles. The predicted molar refractivity (Wildman–Crippen MR) is 62.9 cm³/mol. The maximum atomic E-state index is 12.3. The van der Waals surface area contributed by atoms with Crippen LogP contribution in [0.3, 0.4) is 0 Å². The SMILES string of the molecule is CC(Oc1ccc([C@H](C)N)cc1Br)C(F)(F)F. The van der Waals surface area contributed by atoms with E-state index < -0.39 is 12.3 Å². The van der Waals surface area contributed by atoms with Crippen molar-refractivity contribution in [2.45, 2.75) is 32.2 Å². The molecule has 1 rings (SSSR count). The summed E-state index contributed by atoms with van der Waals surface area (Å²) < 4.78 is 42.2. The summed E-state index contributed by atoms with van der Waals surface area (Å²) >= 11 is 3.16. The van der Waals surface area contributed by atoms with Crippen LogP contribution in [0.2, 0.25) is 0 Å². The molecule has 6 heteroatoms. The van der Waals surface area contributed by atoms with Crippen LogP contribution in [0.15, 0.2) is 22.7 Å². The highest BCUT2D eigenvalue weighted by atomic mass is 79.9. The van der Waals surface area contributed by atoms with E-state index in [1.54, 1.807) is 19.1 Å². The minimum absolute atomic E-state index is 0.152. The maximum absolute atomic E-state index is 12.3. The molecule has 96 valence electrons. The van der Waals surface area contributed by atoms with Gasteiger partial charge in [-0.3, -0.25) is 0 Å². The number of halogens is 4. The Balaban J connectivity index is 2.87. The third-order valence-corrected chi connectivity index (χ3v) is 2.87. The van der Waals surface area contributed by atoms with Gasteiger partial charge >= 0.3 is 6.18 Å². The van der Waals surface area contributed by atoms with Crippen LogP contribution in [0.4, 0.5) is 13.2 Å². The summed E-state index contributed by atoms with van der Waals surface area (Å²) in [5.41, 5.74) is 6.48. The first-order valence-corrected chi connectivity index (χ1v) is 5.79. The van der Waals surface area contributed by atoms with Crippen LogP contribution in [0.25, 0.3) is 0 Å². The lowest BCUT2D eigenvalue weighted by molar-refractivity contribution is -0.189. The van der Waals surface area contributed by atoms with Crippen molar-refractivity contribution in [3.05, 3.63) is 28.2 Å². The quantitative estimate of drug-likeness (QED) is 0.921. The summed E-state index contributed by atoms with van der Waals surface area (Å²) in [5.74, 6) is 0.152. The lowest BCUT2D eigenvalue weighted by Crippen LogP contribution is -2.31. The van der Waals surface area contributed by atoms with Crippen LogP contribution in [0.5, 0.6) is 5.75 Å². The molecule has 0 aliphatic carbocycles. The number of hydrogen-bond acceptors (Lipinski definition) is 2. The van der Waals surface area contributed by atoms with Crippen molar-refractivity contribution < 1.29 is 17.9 Å². The third-order valence-electron chi connectivity index (χ3n) is 2.25. The van der Waals surface area contributed by atoms with E-state index in [4.69, 9.17) is 10.5 Å². The van der Waals surface area contributed by atoms with E-state index in [1.807, 2.05) is 0 Å². The number of ether oxygens (including phenoxy) is 1. The zero-order chi connectivity index (χ0) is 13.2. The molecule has 17 heavy (non-hydrogen) atoms. The van der Waals surface area contributed by atoms with Crippen LogP contribution >= 0.6 is 15.9 Å². The normalized spacial score (nSPS) is 15.5. The molecule has 0 heterocycles. The Bertz CT molecular complexity index is 393. The first-order chi connectivity index (χ1) is 7.71. The lowest BCUT2D eigenvalue weighted by atomic mass is 10.1. The van der Waals surface area contributed by atoms with Crippen LogP contribution < -0.4 is 10.5 Å². The first-order valence-electron chi connectivity index (χ1n) is 5.00. The average molecular weight is 312 g/mol. The Morgan fingerprint density at radius 2 is 1.88 bits per heavy atom. The van der Waals surface area contributed by atoms with E-state index in [1.165, 1.54) is 6.07 Å². The van der Waals surface area contributed by atoms with Gasteiger partial charge in [0.15, 0.2) is 6.10 Å². The van der Waals surface area contributed by atoms with Crippen molar-refractivity contribution in [1.82, 2.24) is 0 Å². The Hall–Kier alpha value is -0.750. The summed E-state index contributed by atoms with van der Waals surface area (Å²) in [4.78, 5) is 0. The number of nitrogens with two attached hydrogens (primary N) is 1. The highest BCUT2D eigenvalue weighted by Gasteiger charge is 2.38. The number of hydrogen-bond donors (Lipinski definition) is 1. The summed E-state index contributed by atoms with van der Waals surface area (Å²) in [6.07, 6.45) is -6.22. The van der Waals surface area contributed by atoms with E-state index in [0.717, 1.165) is 12.5 Å². The van der Waals surface area contributed by atoms with Crippen molar-refractivity contribution in [1.29, 1.82) is 0 Å². The molecule has 0 radical (unpaired) electrons. The van der Waals surface area contributed by atoms with Gasteiger partial charge in [-0.2, -0.15) is 13.2 Å². The Kier molecular flexibility index (Phi) is 4.43. The van der Waals surface area contributed by atoms with Gasteiger partial charge in [0.2, 0.25) is 0 Å². The minimum Gasteiger partial charge on any atom is -0.480 e. The molecule has 0 saturated heterocycles. The predicted octanol–water partition coefficient (Wildman–Crippen LogP) is 3.80. The molecular weight excluding hydrogens is 299 g/mol. The van der Waals surface area contributed by atoms with Gasteiger partial charge in [0.25, 0.3) is 0 Å². The lowest BCUT2D eigenvalue weighted by Gasteiger charge is -2.19. The molecular formula is C11H13BrF3NO. The van der Waals surface area contributed by atoms with E-state index in [0.29, 0.717) is 4.47 Å². The van der Waals surface area contributed by atoms with Crippen LogP contribution in [-0.2, 0) is 0 Å². The third kappa shape index (κ3) is 3.89. The summed E-state index contributed by atoms with van der Waals surface area (Å²) in [6.45, 7) is 2.76. The number of alkyl halides is 3. The molecule has 0 aliphatic heterocycles. The first kappa shape index (κ1) is 14.3. The fraction of sp³-hybridized carbons (Fsp3) is 0.455. The fourth-order valence-corrected chi connectivity index (χ4v) is 1.64. The largest absolute Gasteiger partial charge is 0.480 e. The topological polar surface area (TPSA) is 35.2 Å². The van der Waals surface area contributed by atoms with Crippen LogP contribution in [-0.4, -0.2) is 12.3 Å². The molecule has 2 atom stereocenters. The zero-order valence-electron chi connectivity index (χ0n) is 9.38. The molecule has 1 unspecified atom stereocenters. The van der Waals surface area contributed by atoms with Gasteiger partial charge in [-0.1, -0.05) is 6.07 Å². The molecule has 2 nitrogen and oxygen atoms in total. The smallest absolute Gasteiger partial charge is 0.425 e. The Morgan fingerprint density at radius 1 is 1.29 bits per heavy atom. The van der Waals surface area contributed by atoms with E-state index >= 15 is 0 Å². The second kappa shape index (κ2) is 5.27. The molecule has 0 bridgehead atoms. The second-order valence-electron chi connectivity index (χ2n) is 3.78. The molecule has 0 aliphatic rings. The molecule has 0 spiro atoms. The van der Waals surface area contributed by atoms with Gasteiger partial charge in [-0.25, -0.2) is 0 Å². The van der Waals surface area contributed by atoms with E-state index in [9.17, 15) is 13.2 Å². The summed E-state index contributed by atoms with van der Waals surface area (Å²) in [5, 5.41) is 0. The minimum atomic E-state index is -4.38. The van der Waals surface area contributed by atoms with Crippen molar-refractivity contribution in [2.24, 2.45) is 5.73 Å². The van der Waals surface area contributed by atoms with Crippen molar-refractivity contribution in [2.75, 3.05) is 0 Å². The Labute approximate surface area is 106 Å². The summed E-state index contributed by atoms with van der Waals surface area (Å²) in [6, 6.07) is 4.60. The van der Waals surface area contributed by atoms with Crippen molar-refractivity contribution >= 4 is 15.9 Å². The highest BCUT2D eigenvalue weighted by molar-refractivity contribution is 9.10. The van der Waals surface area contributed by atoms with Crippen molar-refractivity contribution in [3.8, 4) is 5.75 Å². The molecule has 0 aromatic heterocycles. The van der Waals surface area contributed by atoms with Crippen molar-refractivity contribution in [3.63, 3.8) is 0 Å². The average Bonchev–Trinajstić information content (AvgIpc) is 2.19. The van der Waals surface area contributed by atoms with Gasteiger partial charge in [-0.15, -0.1) is 0 Å². The molecule has 0 amide bonds. The fourth-order valence-electron chi connectivity index (χ4n) is 1.15. The molecule has 2 N–H and O–H groups in total. The van der Waals surface area contributed by atoms with E-state index in [-0.39, 0.29) is 11.8 Å². The van der Waals surface area contributed by atoms with Crippen LogP contribution in [0, 0.1) is 0 Å². The molecule has 0 fully saturated rings. The van der Waals surface area contributed by atoms with Gasteiger partial charge in [0, 0.05) is 6.04 Å². The highest BCUT2D eigenvalue weighted by Crippen LogP contribution is 2.31. The van der Waals surface area contributed by atoms with Gasteiger partial charge in [0.1, 0.15) is 5.75 Å². The number of rotatable bonds is 3. The number of benzene rings is 1. The second-order valence-corrected chi connectivity index (χ2v) is 4.63. The van der Waals surface area contributed by atoms with E-state index in [2.05, 4.69) is 15.9 Å². The maximum Gasteiger partial charge on any atom is 0.425 e. The zero-order valence-corrected chi connectivity index (χ0v) is 11.0. The van der Waals surface area contributed by atoms with Gasteiger partial charge in [-0.05, 0) is 47.5 Å². The standard InChI is InChI=1S/C11H13BrF3NO/c1-6(16)8-3-4-10(9(12)5-8)17-7(2)11(13,14)15/h3-7H,16H2,1-2H3/t6-,7?/m0/s1. The van der Waals surface area contributed by atoms with Gasteiger partial charge < -0.3 is 10.5 Å². The molecule has 0 saturated carbocycles.